The zero-order valence-electron chi connectivity index (χ0n) is 51.8. The van der Waals surface area contributed by atoms with Crippen LogP contribution in [0.25, 0.3) is 21.7 Å². The summed E-state index contributed by atoms with van der Waals surface area (Å²) in [6.07, 6.45) is -19.8. The fourth-order valence-electron chi connectivity index (χ4n) is 13.5. The Kier molecular flexibility index (Phi) is 20.7. The van der Waals surface area contributed by atoms with Gasteiger partial charge in [0.1, 0.15) is 66.0 Å². The highest BCUT2D eigenvalue weighted by atomic mass is 16.7. The summed E-state index contributed by atoms with van der Waals surface area (Å²) in [5.74, 6) is -4.69. The largest absolute Gasteiger partial charge is 0.507 e. The predicted octanol–water partition coefficient (Wildman–Crippen LogP) is 2.55. The van der Waals surface area contributed by atoms with E-state index in [1.165, 1.54) is 34.1 Å². The zero-order chi connectivity index (χ0) is 64.9. The lowest BCUT2D eigenvalue weighted by molar-refractivity contribution is -0.334. The van der Waals surface area contributed by atoms with E-state index in [9.17, 15) is 55.5 Å². The number of phenols is 2. The van der Waals surface area contributed by atoms with Gasteiger partial charge >= 0.3 is 5.97 Å². The summed E-state index contributed by atoms with van der Waals surface area (Å²) in [6, 6.07) is 7.52. The van der Waals surface area contributed by atoms with Gasteiger partial charge in [-0.1, -0.05) is 24.3 Å². The lowest BCUT2D eigenvalue weighted by Crippen LogP contribution is -2.58. The molecule has 3 aromatic carbocycles. The lowest BCUT2D eigenvalue weighted by Gasteiger charge is -2.46. The number of rotatable bonds is 19. The van der Waals surface area contributed by atoms with E-state index >= 15 is 4.79 Å². The minimum Gasteiger partial charge on any atom is -0.507 e. The smallest absolute Gasteiger partial charge is 0.328 e. The molecule has 496 valence electrons. The number of ketones is 1. The van der Waals surface area contributed by atoms with Crippen molar-refractivity contribution in [3.63, 3.8) is 0 Å². The van der Waals surface area contributed by atoms with E-state index in [0.29, 0.717) is 12.0 Å². The van der Waals surface area contributed by atoms with Crippen molar-refractivity contribution in [1.29, 1.82) is 0 Å². The number of aromatic hydroxyl groups is 2. The van der Waals surface area contributed by atoms with Crippen LogP contribution in [0.2, 0.25) is 0 Å². The number of carbonyl (C=O) groups excluding carboxylic acids is 3. The third-order valence-corrected chi connectivity index (χ3v) is 18.6. The average molecular weight is 1270 g/mol. The normalized spacial score (nSPS) is 37.2. The monoisotopic (exact) mass is 1270 g/mol. The number of hydrogen-bond donors (Lipinski definition) is 11. The summed E-state index contributed by atoms with van der Waals surface area (Å²) >= 11 is 0. The van der Waals surface area contributed by atoms with E-state index in [4.69, 9.17) is 56.8 Å². The molecule has 1 aliphatic carbocycles. The topological polar surface area (TPSA) is 372 Å². The molecule has 6 aliphatic rings. The SMILES string of the molecule is C=CCc1cccc2c(C[C@H](NC(=O)[C@@H](OC)[C@@H]3Cc4cc5cc(O[C@H]6C[C@@H](O[C@H]7C[C@@H](O)[C@H](O)[C@@H](C)O7)[C@H](O)[C@@H](C)O6)c(C)c(O)c5c(O)c4C(=O)[C@H]3O[C@H]3C[C@@H](O[C@H]4C[C@@H](O[C@H]5C[C@](C)(O)[C@H](O)[C@@H](C)O5)[C@@H](O)[C@@H](C)O4)[C@H](O)[C@@H](C)O3)C(=O)OC)c[nH]c12. The molecule has 5 saturated heterocycles. The Morgan fingerprint density at radius 3 is 1.91 bits per heavy atom. The van der Waals surface area contributed by atoms with Crippen molar-refractivity contribution in [2.45, 2.75) is 241 Å². The number of para-hydroxylation sites is 1. The first-order valence-electron chi connectivity index (χ1n) is 30.7. The van der Waals surface area contributed by atoms with Crippen LogP contribution in [0, 0.1) is 12.8 Å². The molecule has 4 aromatic rings. The minimum absolute atomic E-state index is 0.0268. The first kappa shape index (κ1) is 67.4. The predicted molar refractivity (Wildman–Crippen MR) is 316 cm³/mol. The number of aliphatic hydroxyl groups excluding tert-OH is 6. The Morgan fingerprint density at radius 1 is 0.756 bits per heavy atom. The van der Waals surface area contributed by atoms with Gasteiger partial charge < -0.3 is 113 Å². The molecule has 0 unspecified atom stereocenters. The molecule has 10 rings (SSSR count). The molecule has 1 aromatic heterocycles. The number of carbonyl (C=O) groups is 3. The summed E-state index contributed by atoms with van der Waals surface area (Å²) in [6.45, 7) is 14.8. The van der Waals surface area contributed by atoms with Gasteiger partial charge in [0.25, 0.3) is 0 Å². The van der Waals surface area contributed by atoms with E-state index in [1.807, 2.05) is 18.2 Å². The van der Waals surface area contributed by atoms with Crippen LogP contribution < -0.4 is 10.1 Å². The van der Waals surface area contributed by atoms with Crippen LogP contribution in [0.5, 0.6) is 17.2 Å². The van der Waals surface area contributed by atoms with E-state index in [0.717, 1.165) is 16.5 Å². The number of hydrogen-bond acceptors (Lipinski definition) is 24. The second-order valence-corrected chi connectivity index (χ2v) is 25.1. The number of H-pyrrole nitrogens is 1. The van der Waals surface area contributed by atoms with Crippen LogP contribution in [0.3, 0.4) is 0 Å². The van der Waals surface area contributed by atoms with E-state index in [1.54, 1.807) is 53.0 Å². The van der Waals surface area contributed by atoms with E-state index < -0.39 is 176 Å². The maximum Gasteiger partial charge on any atom is 0.328 e. The van der Waals surface area contributed by atoms with Gasteiger partial charge in [0.2, 0.25) is 12.2 Å². The highest BCUT2D eigenvalue weighted by Gasteiger charge is 2.51. The fraction of sp³-hybridized carbons (Fsp3) is 0.641. The van der Waals surface area contributed by atoms with Gasteiger partial charge in [-0.15, -0.1) is 6.58 Å². The number of nitrogens with one attached hydrogen (secondary N) is 2. The van der Waals surface area contributed by atoms with Crippen molar-refractivity contribution in [2.75, 3.05) is 14.2 Å². The number of phenolic OH excluding ortho intramolecular Hbond substituents is 2. The van der Waals surface area contributed by atoms with Gasteiger partial charge in [-0.25, -0.2) is 4.79 Å². The molecule has 0 saturated carbocycles. The number of methoxy groups -OCH3 is 2. The van der Waals surface area contributed by atoms with Crippen molar-refractivity contribution in [1.82, 2.24) is 10.3 Å². The Morgan fingerprint density at radius 2 is 1.32 bits per heavy atom. The molecule has 0 bridgehead atoms. The first-order valence-corrected chi connectivity index (χ1v) is 30.7. The number of aliphatic hydroxyl groups is 7. The summed E-state index contributed by atoms with van der Waals surface area (Å²) in [7, 11) is 2.44. The number of ether oxygens (including phenoxy) is 12. The molecule has 5 aliphatic heterocycles. The summed E-state index contributed by atoms with van der Waals surface area (Å²) in [4.78, 5) is 47.4. The Hall–Kier alpha value is -5.47. The molecule has 1 amide bonds. The molecule has 26 heteroatoms. The van der Waals surface area contributed by atoms with Gasteiger partial charge in [0.15, 0.2) is 30.9 Å². The van der Waals surface area contributed by atoms with Crippen LogP contribution in [-0.2, 0) is 81.0 Å². The molecule has 90 heavy (non-hydrogen) atoms. The van der Waals surface area contributed by atoms with Crippen molar-refractivity contribution in [3.05, 3.63) is 77.0 Å². The van der Waals surface area contributed by atoms with Crippen LogP contribution in [0.1, 0.15) is 106 Å². The van der Waals surface area contributed by atoms with Gasteiger partial charge in [-0.3, -0.25) is 9.59 Å². The highest BCUT2D eigenvalue weighted by Crippen LogP contribution is 2.48. The number of allylic oxidation sites excluding steroid dienone is 1. The van der Waals surface area contributed by atoms with Gasteiger partial charge in [-0.05, 0) is 95.5 Å². The zero-order valence-corrected chi connectivity index (χ0v) is 51.8. The number of aromatic amines is 1. The van der Waals surface area contributed by atoms with Crippen molar-refractivity contribution in [3.8, 4) is 17.2 Å². The number of aromatic nitrogens is 1. The Labute approximate surface area is 520 Å². The molecule has 0 spiro atoms. The number of fused-ring (bicyclic) bond motifs is 3. The molecular formula is C64H86N2O24. The number of esters is 1. The molecule has 24 atom stereocenters. The maximum absolute atomic E-state index is 15.5. The van der Waals surface area contributed by atoms with Crippen LogP contribution in [0.15, 0.2) is 49.2 Å². The molecule has 26 nitrogen and oxygen atoms in total. The van der Waals surface area contributed by atoms with Crippen LogP contribution >= 0.6 is 0 Å². The summed E-state index contributed by atoms with van der Waals surface area (Å²) < 4.78 is 73.0. The molecular weight excluding hydrogens is 1180 g/mol. The number of benzene rings is 3. The highest BCUT2D eigenvalue weighted by molar-refractivity contribution is 6.11. The van der Waals surface area contributed by atoms with Crippen molar-refractivity contribution in [2.24, 2.45) is 5.92 Å². The molecule has 0 radical (unpaired) electrons. The van der Waals surface area contributed by atoms with Gasteiger partial charge in [0.05, 0.1) is 78.6 Å². The molecule has 11 N–H and O–H groups in total. The Bertz CT molecular complexity index is 3220. The van der Waals surface area contributed by atoms with Crippen LogP contribution in [-0.4, -0.2) is 224 Å². The second kappa shape index (κ2) is 27.6. The molecule has 6 heterocycles. The van der Waals surface area contributed by atoms with Gasteiger partial charge in [0, 0.05) is 74.2 Å². The van der Waals surface area contributed by atoms with E-state index in [-0.39, 0.29) is 78.2 Å². The van der Waals surface area contributed by atoms with Crippen molar-refractivity contribution < 1.29 is 117 Å². The van der Waals surface area contributed by atoms with E-state index in [2.05, 4.69) is 16.9 Å². The maximum atomic E-state index is 15.5. The molecule has 5 fully saturated rings. The second-order valence-electron chi connectivity index (χ2n) is 25.1. The number of amides is 1. The minimum atomic E-state index is -1.68. The average Bonchev–Trinajstić information content (AvgIpc) is 0.866. The third kappa shape index (κ3) is 13.8. The van der Waals surface area contributed by atoms with Crippen molar-refractivity contribution >= 4 is 39.3 Å². The third-order valence-electron chi connectivity index (χ3n) is 18.6. The quantitative estimate of drug-likeness (QED) is 0.0475. The van der Waals surface area contributed by atoms with Gasteiger partial charge in [-0.2, -0.15) is 0 Å². The van der Waals surface area contributed by atoms with Crippen LogP contribution in [0.4, 0.5) is 0 Å². The number of Topliss-reactive ketones (excluding diaryl/α,β-unsaturated/α-hetero) is 1. The summed E-state index contributed by atoms with van der Waals surface area (Å²) in [5.41, 5.74) is 1.01. The fourth-order valence-corrected chi connectivity index (χ4v) is 13.5. The standard InChI is InChI=1S/C64H86N2O24/c1-11-13-32-14-12-15-36-35(25-65-51(32)36)18-38(63(77)80-10)66-62(76)60(79-9)37-17-33-16-34-19-40(86-45-21-41(54(70)28(4)82-45)87-44-20-39(67)53(69)27(3)81-44)26(2)52(68)49(34)57(73)50(33)58(74)59(37)90-47-23-42(55(71)30(6)84-47)88-46-22-43(56(72)29(5)83-46)89-48-24-64(8,78)61(75)31(7)85-48/h11-12,14-16,19,25,27-31,37-39,41-48,53-56,59-61,65,67-73,75,78H,1,13,17-18,20-24H2,2-10H3,(H,66,76)/t27-,28-,29-,30-,31-,37-,38+,39-,41-,42-,43-,44+,45+,46+,47+,48+,53-,54-,55-,56+,59+,60+,61-,64+/m1/s1. The lowest BCUT2D eigenvalue weighted by atomic mass is 9.76. The first-order chi connectivity index (χ1) is 42.7. The summed E-state index contributed by atoms with van der Waals surface area (Å²) in [5, 5.41) is 104. The Balaban J connectivity index is 0.943.